The van der Waals surface area contributed by atoms with Gasteiger partial charge < -0.3 is 29.2 Å². The quantitative estimate of drug-likeness (QED) is 0.860. The van der Waals surface area contributed by atoms with Gasteiger partial charge >= 0.3 is 12.1 Å². The Hall–Kier alpha value is -2.71. The van der Waals surface area contributed by atoms with E-state index in [4.69, 9.17) is 9.15 Å². The molecule has 0 unspecified atom stereocenters. The van der Waals surface area contributed by atoms with Gasteiger partial charge in [-0.05, 0) is 25.0 Å². The number of amides is 4. The van der Waals surface area contributed by atoms with Gasteiger partial charge in [0.2, 0.25) is 0 Å². The predicted molar refractivity (Wildman–Crippen MR) is 96.2 cm³/mol. The maximum Gasteiger partial charge on any atom is 0.410 e. The fourth-order valence-corrected chi connectivity index (χ4v) is 3.51. The van der Waals surface area contributed by atoms with Crippen molar-refractivity contribution in [1.82, 2.24) is 20.0 Å². The van der Waals surface area contributed by atoms with Crippen molar-refractivity contribution < 1.29 is 23.5 Å². The van der Waals surface area contributed by atoms with Gasteiger partial charge in [-0.1, -0.05) is 0 Å². The number of carbonyl (C=O) groups excluding carboxylic acids is 3. The van der Waals surface area contributed by atoms with Crippen LogP contribution in [0.5, 0.6) is 0 Å². The second-order valence-electron chi connectivity index (χ2n) is 7.37. The van der Waals surface area contributed by atoms with Crippen LogP contribution in [0.25, 0.3) is 0 Å². The molecular formula is C18H26N4O5. The van der Waals surface area contributed by atoms with Crippen molar-refractivity contribution in [3.63, 3.8) is 0 Å². The number of hydrogen-bond donors (Lipinski definition) is 1. The zero-order chi connectivity index (χ0) is 19.6. The number of furan rings is 1. The van der Waals surface area contributed by atoms with Crippen molar-refractivity contribution >= 4 is 18.0 Å². The number of nitrogens with zero attached hydrogens (tertiary/aromatic N) is 3. The van der Waals surface area contributed by atoms with Gasteiger partial charge in [-0.25, -0.2) is 9.59 Å². The maximum atomic E-state index is 12.5. The fraction of sp³-hybridized carbons (Fsp3) is 0.611. The van der Waals surface area contributed by atoms with E-state index < -0.39 is 5.60 Å². The summed E-state index contributed by atoms with van der Waals surface area (Å²) in [6, 6.07) is 3.09. The largest absolute Gasteiger partial charge is 0.454 e. The minimum atomic E-state index is -0.483. The molecule has 1 aromatic rings. The summed E-state index contributed by atoms with van der Waals surface area (Å²) >= 11 is 0. The lowest BCUT2D eigenvalue weighted by molar-refractivity contribution is 0.0453. The van der Waals surface area contributed by atoms with E-state index in [0.717, 1.165) is 12.8 Å². The number of rotatable bonds is 3. The van der Waals surface area contributed by atoms with Crippen LogP contribution in [0.4, 0.5) is 9.59 Å². The molecule has 2 saturated heterocycles. The second kappa shape index (κ2) is 7.50. The average molecular weight is 378 g/mol. The summed E-state index contributed by atoms with van der Waals surface area (Å²) in [4.78, 5) is 40.8. The highest BCUT2D eigenvalue weighted by Gasteiger charge is 2.44. The smallest absolute Gasteiger partial charge is 0.410 e. The molecule has 0 radical (unpaired) electrons. The van der Waals surface area contributed by atoms with E-state index >= 15 is 0 Å². The first-order valence-corrected chi connectivity index (χ1v) is 9.07. The number of hydrogen-bond acceptors (Lipinski definition) is 5. The lowest BCUT2D eigenvalue weighted by atomic mass is 9.95. The van der Waals surface area contributed by atoms with Crippen LogP contribution in [-0.2, 0) is 11.3 Å². The molecule has 2 fully saturated rings. The molecule has 9 heteroatoms. The monoisotopic (exact) mass is 378 g/mol. The fourth-order valence-electron chi connectivity index (χ4n) is 3.51. The van der Waals surface area contributed by atoms with Gasteiger partial charge in [0.05, 0.1) is 13.1 Å². The topological polar surface area (TPSA) is 95.3 Å². The van der Waals surface area contributed by atoms with Gasteiger partial charge in [0.25, 0.3) is 5.91 Å². The molecule has 0 aliphatic carbocycles. The number of likely N-dealkylation sites (tertiary alicyclic amines) is 1. The lowest BCUT2D eigenvalue weighted by Gasteiger charge is -2.25. The summed E-state index contributed by atoms with van der Waals surface area (Å²) < 4.78 is 11.0. The average Bonchev–Trinajstić information content (AvgIpc) is 3.13. The third kappa shape index (κ3) is 4.17. The molecule has 0 saturated carbocycles. The molecule has 1 N–H and O–H groups in total. The van der Waals surface area contributed by atoms with Crippen LogP contribution < -0.4 is 5.32 Å². The summed E-state index contributed by atoms with van der Waals surface area (Å²) in [6.45, 7) is 1.90. The summed E-state index contributed by atoms with van der Waals surface area (Å²) in [6.07, 6.45) is 1.85. The minimum absolute atomic E-state index is 0.193. The predicted octanol–water partition coefficient (Wildman–Crippen LogP) is 1.50. The Morgan fingerprint density at radius 2 is 2.04 bits per heavy atom. The molecule has 148 valence electrons. The third-order valence-electron chi connectivity index (χ3n) is 5.02. The Morgan fingerprint density at radius 1 is 1.26 bits per heavy atom. The molecule has 0 aromatic carbocycles. The van der Waals surface area contributed by atoms with E-state index in [0.29, 0.717) is 31.8 Å². The van der Waals surface area contributed by atoms with Crippen LogP contribution in [-0.4, -0.2) is 79.1 Å². The summed E-state index contributed by atoms with van der Waals surface area (Å²) in [5.74, 6) is 0.542. The third-order valence-corrected chi connectivity index (χ3v) is 5.02. The molecule has 1 spiro atoms. The van der Waals surface area contributed by atoms with Crippen LogP contribution in [0.15, 0.2) is 16.5 Å². The van der Waals surface area contributed by atoms with Gasteiger partial charge in [0.15, 0.2) is 5.76 Å². The van der Waals surface area contributed by atoms with Crippen molar-refractivity contribution in [1.29, 1.82) is 0 Å². The first-order chi connectivity index (χ1) is 12.8. The molecule has 27 heavy (non-hydrogen) atoms. The Balaban J connectivity index is 1.52. The number of ether oxygens (including phenoxy) is 1. The first-order valence-electron chi connectivity index (χ1n) is 9.07. The Bertz CT molecular complexity index is 731. The molecule has 9 nitrogen and oxygen atoms in total. The number of carbonyl (C=O) groups is 3. The van der Waals surface area contributed by atoms with Crippen molar-refractivity contribution in [3.05, 3.63) is 23.7 Å². The highest BCUT2D eigenvalue weighted by Crippen LogP contribution is 2.32. The molecule has 3 heterocycles. The standard InChI is InChI=1S/C18H26N4O5/c1-20(2)15(23)14-6-5-13(26-14)11-19-16(24)22-9-4-7-18(8-10-22)12-21(3)17(25)27-18/h5-6H,4,7-12H2,1-3H3,(H,19,24)/t18-/m1/s1. The molecule has 0 bridgehead atoms. The molecule has 2 aliphatic rings. The molecule has 1 atom stereocenters. The highest BCUT2D eigenvalue weighted by atomic mass is 16.6. The van der Waals surface area contributed by atoms with Crippen molar-refractivity contribution in [2.45, 2.75) is 31.4 Å². The van der Waals surface area contributed by atoms with Crippen LogP contribution in [0.1, 0.15) is 35.6 Å². The molecule has 4 amide bonds. The van der Waals surface area contributed by atoms with Crippen molar-refractivity contribution in [3.8, 4) is 0 Å². The van der Waals surface area contributed by atoms with Crippen LogP contribution in [0.3, 0.4) is 0 Å². The molecule has 2 aliphatic heterocycles. The maximum absolute atomic E-state index is 12.5. The van der Waals surface area contributed by atoms with Gasteiger partial charge in [-0.2, -0.15) is 0 Å². The summed E-state index contributed by atoms with van der Waals surface area (Å²) in [7, 11) is 5.03. The number of urea groups is 1. The van der Waals surface area contributed by atoms with E-state index in [9.17, 15) is 14.4 Å². The van der Waals surface area contributed by atoms with Crippen LogP contribution >= 0.6 is 0 Å². The van der Waals surface area contributed by atoms with Crippen molar-refractivity contribution in [2.24, 2.45) is 0 Å². The van der Waals surface area contributed by atoms with Crippen LogP contribution in [0.2, 0.25) is 0 Å². The van der Waals surface area contributed by atoms with E-state index in [1.54, 1.807) is 43.1 Å². The van der Waals surface area contributed by atoms with E-state index in [2.05, 4.69) is 5.32 Å². The van der Waals surface area contributed by atoms with Gasteiger partial charge in [-0.15, -0.1) is 0 Å². The zero-order valence-electron chi connectivity index (χ0n) is 16.0. The Labute approximate surface area is 158 Å². The SMILES string of the molecule is CN(C)C(=O)c1ccc(CNC(=O)N2CCC[C@@]3(CC2)CN(C)C(=O)O3)o1. The Morgan fingerprint density at radius 3 is 2.70 bits per heavy atom. The highest BCUT2D eigenvalue weighted by molar-refractivity contribution is 5.91. The molecular weight excluding hydrogens is 352 g/mol. The van der Waals surface area contributed by atoms with Crippen molar-refractivity contribution in [2.75, 3.05) is 40.8 Å². The van der Waals surface area contributed by atoms with E-state index in [-0.39, 0.29) is 30.3 Å². The molecule has 1 aromatic heterocycles. The van der Waals surface area contributed by atoms with Gasteiger partial charge in [0, 0.05) is 40.7 Å². The van der Waals surface area contributed by atoms with E-state index in [1.165, 1.54) is 4.90 Å². The van der Waals surface area contributed by atoms with E-state index in [1.807, 2.05) is 0 Å². The zero-order valence-corrected chi connectivity index (χ0v) is 16.0. The lowest BCUT2D eigenvalue weighted by Crippen LogP contribution is -2.41. The number of nitrogens with one attached hydrogen (secondary N) is 1. The Kier molecular flexibility index (Phi) is 5.29. The van der Waals surface area contributed by atoms with Crippen LogP contribution in [0, 0.1) is 0 Å². The van der Waals surface area contributed by atoms with Gasteiger partial charge in [0.1, 0.15) is 11.4 Å². The summed E-state index contributed by atoms with van der Waals surface area (Å²) in [5.41, 5.74) is -0.483. The molecule has 3 rings (SSSR count). The summed E-state index contributed by atoms with van der Waals surface area (Å²) in [5, 5.41) is 2.82. The van der Waals surface area contributed by atoms with Gasteiger partial charge in [-0.3, -0.25) is 4.79 Å². The second-order valence-corrected chi connectivity index (χ2v) is 7.37. The minimum Gasteiger partial charge on any atom is -0.454 e. The first kappa shape index (κ1) is 19.1. The number of likely N-dealkylation sites (N-methyl/N-ethyl adjacent to an activating group) is 1. The normalized spacial score (nSPS) is 22.6.